The summed E-state index contributed by atoms with van der Waals surface area (Å²) in [6.07, 6.45) is 1.10. The van der Waals surface area contributed by atoms with Crippen molar-refractivity contribution in [3.8, 4) is 16.9 Å². The Hall–Kier alpha value is -3.19. The fourth-order valence-corrected chi connectivity index (χ4v) is 4.89. The number of carbonyl (C=O) groups is 2. The largest absolute Gasteiger partial charge is 0.494 e. The maximum atomic E-state index is 13.4. The highest BCUT2D eigenvalue weighted by atomic mass is 32.1. The number of anilines is 1. The first-order valence-electron chi connectivity index (χ1n) is 9.66. The smallest absolute Gasteiger partial charge is 0.346 e. The molecular weight excluding hydrogens is 405 g/mol. The van der Waals surface area contributed by atoms with E-state index in [1.54, 1.807) is 0 Å². The van der Waals surface area contributed by atoms with Gasteiger partial charge in [0.1, 0.15) is 16.4 Å². The number of hydrogen-bond acceptors (Lipinski definition) is 4. The molecule has 0 aliphatic carbocycles. The number of aromatic carboxylic acids is 1. The van der Waals surface area contributed by atoms with Gasteiger partial charge in [0.05, 0.1) is 12.3 Å². The Labute approximate surface area is 177 Å². The highest BCUT2D eigenvalue weighted by molar-refractivity contribution is 7.15. The molecule has 0 saturated heterocycles. The van der Waals surface area contributed by atoms with E-state index in [0.717, 1.165) is 33.9 Å². The number of nitrogens with one attached hydrogen (secondary N) is 1. The molecule has 0 bridgehead atoms. The molecule has 2 heterocycles. The highest BCUT2D eigenvalue weighted by Gasteiger charge is 2.34. The molecule has 3 aromatic rings. The molecule has 0 saturated carbocycles. The first-order chi connectivity index (χ1) is 14.5. The lowest BCUT2D eigenvalue weighted by Gasteiger charge is -2.24. The topological polar surface area (TPSA) is 75.6 Å². The minimum Gasteiger partial charge on any atom is -0.494 e. The summed E-state index contributed by atoms with van der Waals surface area (Å²) in [6.45, 7) is 2.62. The molecule has 0 fully saturated rings. The van der Waals surface area contributed by atoms with Gasteiger partial charge in [0.15, 0.2) is 0 Å². The maximum absolute atomic E-state index is 13.4. The molecule has 1 atom stereocenters. The van der Waals surface area contributed by atoms with Crippen LogP contribution in [0.1, 0.15) is 45.8 Å². The number of hydrogen-bond donors (Lipinski definition) is 2. The summed E-state index contributed by atoms with van der Waals surface area (Å²) in [5, 5.41) is 12.6. The van der Waals surface area contributed by atoms with E-state index in [1.807, 2.05) is 31.2 Å². The van der Waals surface area contributed by atoms with Crippen molar-refractivity contribution in [2.75, 3.05) is 11.9 Å². The molecule has 0 unspecified atom stereocenters. The molecule has 7 heteroatoms. The number of amides is 1. The summed E-state index contributed by atoms with van der Waals surface area (Å²) in [4.78, 5) is 25.4. The number of halogens is 1. The normalized spacial score (nSPS) is 15.4. The molecule has 1 aromatic heterocycles. The number of rotatable bonds is 6. The average Bonchev–Trinajstić information content (AvgIpc) is 3.12. The van der Waals surface area contributed by atoms with Gasteiger partial charge in [-0.1, -0.05) is 31.2 Å². The van der Waals surface area contributed by atoms with E-state index in [2.05, 4.69) is 5.32 Å². The second-order valence-electron chi connectivity index (χ2n) is 7.08. The van der Waals surface area contributed by atoms with Crippen LogP contribution in [0.5, 0.6) is 5.75 Å². The Morgan fingerprint density at radius 3 is 2.73 bits per heavy atom. The fourth-order valence-electron chi connectivity index (χ4n) is 3.64. The van der Waals surface area contributed by atoms with Crippen molar-refractivity contribution in [1.82, 2.24) is 0 Å². The van der Waals surface area contributed by atoms with E-state index in [4.69, 9.17) is 4.74 Å². The number of carboxylic acid groups (broad SMARTS) is 1. The summed E-state index contributed by atoms with van der Waals surface area (Å²) in [5.41, 5.74) is 2.35. The number of carboxylic acids is 1. The van der Waals surface area contributed by atoms with Crippen molar-refractivity contribution in [1.29, 1.82) is 0 Å². The molecule has 30 heavy (non-hydrogen) atoms. The van der Waals surface area contributed by atoms with Crippen LogP contribution in [0.3, 0.4) is 0 Å². The first-order valence-corrected chi connectivity index (χ1v) is 10.5. The summed E-state index contributed by atoms with van der Waals surface area (Å²) in [7, 11) is 0. The van der Waals surface area contributed by atoms with E-state index < -0.39 is 11.8 Å². The highest BCUT2D eigenvalue weighted by Crippen LogP contribution is 2.49. The Morgan fingerprint density at radius 1 is 1.27 bits per heavy atom. The molecule has 1 amide bonds. The Balaban J connectivity index is 1.84. The van der Waals surface area contributed by atoms with Gasteiger partial charge in [-0.2, -0.15) is 0 Å². The Bertz CT molecular complexity index is 1110. The van der Waals surface area contributed by atoms with Crippen molar-refractivity contribution in [3.63, 3.8) is 0 Å². The van der Waals surface area contributed by atoms with Crippen molar-refractivity contribution >= 4 is 28.9 Å². The van der Waals surface area contributed by atoms with Crippen LogP contribution < -0.4 is 10.1 Å². The van der Waals surface area contributed by atoms with Crippen LogP contribution in [-0.2, 0) is 4.79 Å². The predicted octanol–water partition coefficient (Wildman–Crippen LogP) is 5.52. The van der Waals surface area contributed by atoms with Gasteiger partial charge in [0.25, 0.3) is 0 Å². The Kier molecular flexibility index (Phi) is 5.55. The van der Waals surface area contributed by atoms with Crippen molar-refractivity contribution in [3.05, 3.63) is 69.7 Å². The van der Waals surface area contributed by atoms with Gasteiger partial charge in [-0.15, -0.1) is 11.3 Å². The third-order valence-electron chi connectivity index (χ3n) is 4.97. The van der Waals surface area contributed by atoms with Crippen LogP contribution in [0, 0.1) is 5.82 Å². The number of thiophene rings is 1. The zero-order chi connectivity index (χ0) is 21.3. The molecule has 0 spiro atoms. The monoisotopic (exact) mass is 425 g/mol. The SMILES string of the molecule is CCCOc1cccc([C@@H]2CC(=O)Nc3c2sc(C(=O)O)c3-c2ccc(F)cc2)c1. The molecule has 0 radical (unpaired) electrons. The van der Waals surface area contributed by atoms with Gasteiger partial charge in [0.2, 0.25) is 5.91 Å². The zero-order valence-electron chi connectivity index (χ0n) is 16.3. The first kappa shape index (κ1) is 20.1. The van der Waals surface area contributed by atoms with Crippen molar-refractivity contribution < 1.29 is 23.8 Å². The molecular formula is C23H20FNO4S. The predicted molar refractivity (Wildman–Crippen MR) is 114 cm³/mol. The van der Waals surface area contributed by atoms with Gasteiger partial charge in [-0.05, 0) is 41.8 Å². The lowest BCUT2D eigenvalue weighted by atomic mass is 9.88. The molecule has 4 rings (SSSR count). The van der Waals surface area contributed by atoms with Gasteiger partial charge in [-0.3, -0.25) is 4.79 Å². The average molecular weight is 425 g/mol. The summed E-state index contributed by atoms with van der Waals surface area (Å²) in [6, 6.07) is 13.2. The zero-order valence-corrected chi connectivity index (χ0v) is 17.1. The number of carbonyl (C=O) groups excluding carboxylic acids is 1. The van der Waals surface area contributed by atoms with Gasteiger partial charge < -0.3 is 15.2 Å². The summed E-state index contributed by atoms with van der Waals surface area (Å²) in [5.74, 6) is -1.25. The molecule has 2 aromatic carbocycles. The van der Waals surface area contributed by atoms with E-state index >= 15 is 0 Å². The molecule has 5 nitrogen and oxygen atoms in total. The van der Waals surface area contributed by atoms with Gasteiger partial charge in [0, 0.05) is 22.8 Å². The molecule has 2 N–H and O–H groups in total. The lowest BCUT2D eigenvalue weighted by molar-refractivity contribution is -0.116. The van der Waals surface area contributed by atoms with E-state index in [1.165, 1.54) is 24.3 Å². The maximum Gasteiger partial charge on any atom is 0.346 e. The number of ether oxygens (including phenoxy) is 1. The standard InChI is InChI=1S/C23H20FNO4S/c1-2-10-29-16-5-3-4-14(11-16)17-12-18(26)25-20-19(13-6-8-15(24)9-7-13)22(23(27)28)30-21(17)20/h3-9,11,17H,2,10,12H2,1H3,(H,25,26)(H,27,28)/t17-/m0/s1. The van der Waals surface area contributed by atoms with E-state index in [9.17, 15) is 19.1 Å². The summed E-state index contributed by atoms with van der Waals surface area (Å²) >= 11 is 1.15. The number of benzene rings is 2. The fraction of sp³-hybridized carbons (Fsp3) is 0.217. The Morgan fingerprint density at radius 2 is 2.03 bits per heavy atom. The van der Waals surface area contributed by atoms with E-state index in [-0.39, 0.29) is 23.1 Å². The van der Waals surface area contributed by atoms with Crippen LogP contribution in [0.15, 0.2) is 48.5 Å². The van der Waals surface area contributed by atoms with Crippen molar-refractivity contribution in [2.45, 2.75) is 25.7 Å². The molecule has 154 valence electrons. The van der Waals surface area contributed by atoms with Gasteiger partial charge in [-0.25, -0.2) is 9.18 Å². The van der Waals surface area contributed by atoms with Gasteiger partial charge >= 0.3 is 5.97 Å². The van der Waals surface area contributed by atoms with Crippen LogP contribution in [0.25, 0.3) is 11.1 Å². The summed E-state index contributed by atoms with van der Waals surface area (Å²) < 4.78 is 19.1. The second-order valence-corrected chi connectivity index (χ2v) is 8.14. The lowest BCUT2D eigenvalue weighted by Crippen LogP contribution is -2.22. The molecule has 1 aliphatic heterocycles. The van der Waals surface area contributed by atoms with Crippen molar-refractivity contribution in [2.24, 2.45) is 0 Å². The third kappa shape index (κ3) is 3.80. The third-order valence-corrected chi connectivity index (χ3v) is 6.26. The minimum absolute atomic E-state index is 0.122. The second kappa shape index (κ2) is 8.28. The molecule has 1 aliphatic rings. The minimum atomic E-state index is -1.08. The van der Waals surface area contributed by atoms with Crippen LogP contribution in [0.2, 0.25) is 0 Å². The van der Waals surface area contributed by atoms with Crippen LogP contribution in [0.4, 0.5) is 10.1 Å². The quantitative estimate of drug-likeness (QED) is 0.546. The number of fused-ring (bicyclic) bond motifs is 1. The van der Waals surface area contributed by atoms with Crippen LogP contribution >= 0.6 is 11.3 Å². The van der Waals surface area contributed by atoms with Crippen LogP contribution in [-0.4, -0.2) is 23.6 Å². The van der Waals surface area contributed by atoms with E-state index in [0.29, 0.717) is 23.4 Å².